The van der Waals surface area contributed by atoms with E-state index in [0.717, 1.165) is 60.1 Å². The molecule has 9 heteroatoms. The fraction of sp³-hybridized carbons (Fsp3) is 0.316. The average molecular weight is 425 g/mol. The molecule has 150 valence electrons. The Morgan fingerprint density at radius 3 is 2.61 bits per heavy atom. The first-order valence-corrected chi connectivity index (χ1v) is 11.5. The fourth-order valence-electron chi connectivity index (χ4n) is 2.96. The molecule has 0 amide bonds. The molecule has 2 aromatic rings. The molecular weight excluding hydrogens is 401 g/mol. The summed E-state index contributed by atoms with van der Waals surface area (Å²) in [6, 6.07) is 10.2. The van der Waals surface area contributed by atoms with Gasteiger partial charge in [-0.2, -0.15) is 25.3 Å². The number of nitrogens with zero attached hydrogens (tertiary/aromatic N) is 1. The lowest BCUT2D eigenvalue weighted by molar-refractivity contribution is -0.910. The quantitative estimate of drug-likeness (QED) is 0.519. The van der Waals surface area contributed by atoms with Gasteiger partial charge in [0.05, 0.1) is 31.3 Å². The van der Waals surface area contributed by atoms with Crippen molar-refractivity contribution >= 4 is 28.0 Å². The lowest BCUT2D eigenvalue weighted by Gasteiger charge is -2.24. The molecule has 0 saturated carbocycles. The summed E-state index contributed by atoms with van der Waals surface area (Å²) in [4.78, 5) is 3.61. The van der Waals surface area contributed by atoms with Crippen LogP contribution in [0.1, 0.15) is 11.1 Å². The summed E-state index contributed by atoms with van der Waals surface area (Å²) in [5.41, 5.74) is 1.83. The maximum Gasteiger partial charge on any atom is 0.276 e. The number of quaternary nitrogens is 1. The molecular formula is C19H23FN3O3S2+. The Hall–Kier alpha value is -2.10. The van der Waals surface area contributed by atoms with E-state index < -0.39 is 15.8 Å². The van der Waals surface area contributed by atoms with Crippen LogP contribution in [0.3, 0.4) is 0 Å². The van der Waals surface area contributed by atoms with E-state index in [0.29, 0.717) is 0 Å². The molecule has 0 radical (unpaired) electrons. The van der Waals surface area contributed by atoms with Crippen molar-refractivity contribution in [3.63, 3.8) is 0 Å². The van der Waals surface area contributed by atoms with Crippen molar-refractivity contribution in [1.82, 2.24) is 4.83 Å². The molecule has 0 unspecified atom stereocenters. The Kier molecular flexibility index (Phi) is 6.93. The van der Waals surface area contributed by atoms with Gasteiger partial charge in [0.25, 0.3) is 10.0 Å². The van der Waals surface area contributed by atoms with Gasteiger partial charge in [-0.3, -0.25) is 0 Å². The van der Waals surface area contributed by atoms with Crippen molar-refractivity contribution < 1.29 is 22.4 Å². The number of rotatable bonds is 7. The zero-order valence-electron chi connectivity index (χ0n) is 15.5. The van der Waals surface area contributed by atoms with Crippen LogP contribution in [-0.4, -0.2) is 46.3 Å². The Labute approximate surface area is 168 Å². The highest BCUT2D eigenvalue weighted by atomic mass is 32.2. The molecule has 1 aliphatic heterocycles. The predicted octanol–water partition coefficient (Wildman–Crippen LogP) is 1.28. The van der Waals surface area contributed by atoms with Crippen LogP contribution in [0.25, 0.3) is 0 Å². The van der Waals surface area contributed by atoms with Crippen molar-refractivity contribution in [1.29, 1.82) is 0 Å². The third-order valence-corrected chi connectivity index (χ3v) is 6.68. The predicted molar refractivity (Wildman–Crippen MR) is 109 cm³/mol. The topological polar surface area (TPSA) is 72.2 Å². The SMILES string of the molecule is COc1ccc(C=NNS(=O)(=O)c2ccc(F)cc2)cc1C[NH+]1CCSCC1. The largest absolute Gasteiger partial charge is 0.496 e. The number of methoxy groups -OCH3 is 1. The molecule has 0 bridgehead atoms. The highest BCUT2D eigenvalue weighted by Crippen LogP contribution is 2.19. The molecule has 1 fully saturated rings. The van der Waals surface area contributed by atoms with Gasteiger partial charge < -0.3 is 9.64 Å². The van der Waals surface area contributed by atoms with Gasteiger partial charge in [0.1, 0.15) is 18.1 Å². The number of nitrogens with one attached hydrogen (secondary N) is 2. The fourth-order valence-corrected chi connectivity index (χ4v) is 4.82. The van der Waals surface area contributed by atoms with E-state index in [2.05, 4.69) is 9.93 Å². The van der Waals surface area contributed by atoms with Gasteiger partial charge in [-0.15, -0.1) is 0 Å². The Morgan fingerprint density at radius 2 is 1.93 bits per heavy atom. The summed E-state index contributed by atoms with van der Waals surface area (Å²) in [7, 11) is -2.19. The standard InChI is InChI=1S/C19H22FN3O3S2/c1-26-19-7-2-15(12-16(19)14-23-8-10-27-11-9-23)13-21-22-28(24,25)18-5-3-17(20)4-6-18/h2-7,12-13,22H,8-11,14H2,1H3/p+1. The summed E-state index contributed by atoms with van der Waals surface area (Å²) >= 11 is 1.98. The third-order valence-electron chi connectivity index (χ3n) is 4.46. The van der Waals surface area contributed by atoms with Crippen molar-refractivity contribution in [2.24, 2.45) is 5.10 Å². The maximum atomic E-state index is 13.0. The maximum absolute atomic E-state index is 13.0. The number of hydrazone groups is 1. The third kappa shape index (κ3) is 5.46. The molecule has 1 heterocycles. The lowest BCUT2D eigenvalue weighted by atomic mass is 10.1. The number of hydrogen-bond acceptors (Lipinski definition) is 5. The van der Waals surface area contributed by atoms with Gasteiger partial charge >= 0.3 is 0 Å². The molecule has 2 aromatic carbocycles. The molecule has 3 rings (SSSR count). The first kappa shape index (κ1) is 20.6. The van der Waals surface area contributed by atoms with Crippen LogP contribution >= 0.6 is 11.8 Å². The molecule has 0 atom stereocenters. The van der Waals surface area contributed by atoms with Crippen LogP contribution < -0.4 is 14.5 Å². The molecule has 1 saturated heterocycles. The number of sulfonamides is 1. The summed E-state index contributed by atoms with van der Waals surface area (Å²) in [5.74, 6) is 2.63. The second-order valence-electron chi connectivity index (χ2n) is 6.42. The number of thioether (sulfide) groups is 1. The van der Waals surface area contributed by atoms with Crippen LogP contribution in [0.15, 0.2) is 52.5 Å². The lowest BCUT2D eigenvalue weighted by Crippen LogP contribution is -3.12. The molecule has 2 N–H and O–H groups in total. The van der Waals surface area contributed by atoms with E-state index >= 15 is 0 Å². The summed E-state index contributed by atoms with van der Waals surface area (Å²) in [6.07, 6.45) is 1.45. The Bertz CT molecular complexity index is 928. The highest BCUT2D eigenvalue weighted by molar-refractivity contribution is 7.99. The minimum absolute atomic E-state index is 0.0481. The monoisotopic (exact) mass is 424 g/mol. The highest BCUT2D eigenvalue weighted by Gasteiger charge is 2.17. The van der Waals surface area contributed by atoms with Crippen LogP contribution in [0.4, 0.5) is 4.39 Å². The van der Waals surface area contributed by atoms with Crippen molar-refractivity contribution in [3.8, 4) is 5.75 Å². The minimum atomic E-state index is -3.84. The molecule has 28 heavy (non-hydrogen) atoms. The number of hydrogen-bond donors (Lipinski definition) is 2. The van der Waals surface area contributed by atoms with Crippen LogP contribution in [0.5, 0.6) is 5.75 Å². The van der Waals surface area contributed by atoms with Gasteiger partial charge in [0, 0.05) is 17.1 Å². The Balaban J connectivity index is 1.70. The zero-order chi connectivity index (χ0) is 20.0. The van der Waals surface area contributed by atoms with Gasteiger partial charge in [-0.1, -0.05) is 0 Å². The van der Waals surface area contributed by atoms with E-state index in [-0.39, 0.29) is 4.90 Å². The minimum Gasteiger partial charge on any atom is -0.496 e. The van der Waals surface area contributed by atoms with E-state index in [9.17, 15) is 12.8 Å². The van der Waals surface area contributed by atoms with Crippen molar-refractivity contribution in [2.75, 3.05) is 31.7 Å². The second-order valence-corrected chi connectivity index (χ2v) is 9.30. The van der Waals surface area contributed by atoms with Gasteiger partial charge in [-0.25, -0.2) is 9.22 Å². The van der Waals surface area contributed by atoms with E-state index in [1.807, 2.05) is 30.0 Å². The van der Waals surface area contributed by atoms with Crippen LogP contribution in [-0.2, 0) is 16.6 Å². The number of benzene rings is 2. The molecule has 0 aliphatic carbocycles. The number of ether oxygens (including phenoxy) is 1. The van der Waals surface area contributed by atoms with E-state index in [1.54, 1.807) is 7.11 Å². The van der Waals surface area contributed by atoms with Crippen LogP contribution in [0.2, 0.25) is 0 Å². The van der Waals surface area contributed by atoms with Crippen LogP contribution in [0, 0.1) is 5.82 Å². The summed E-state index contributed by atoms with van der Waals surface area (Å²) < 4.78 is 42.8. The first-order valence-electron chi connectivity index (χ1n) is 8.86. The van der Waals surface area contributed by atoms with Gasteiger partial charge in [0.15, 0.2) is 0 Å². The van der Waals surface area contributed by atoms with Crippen molar-refractivity contribution in [2.45, 2.75) is 11.4 Å². The first-order chi connectivity index (χ1) is 13.5. The smallest absolute Gasteiger partial charge is 0.276 e. The van der Waals surface area contributed by atoms with E-state index in [1.165, 1.54) is 23.2 Å². The number of halogens is 1. The Morgan fingerprint density at radius 1 is 1.21 bits per heavy atom. The normalized spacial score (nSPS) is 15.6. The molecule has 1 aliphatic rings. The molecule has 0 aromatic heterocycles. The summed E-state index contributed by atoms with van der Waals surface area (Å²) in [6.45, 7) is 3.08. The second kappa shape index (κ2) is 9.40. The summed E-state index contributed by atoms with van der Waals surface area (Å²) in [5, 5.41) is 3.85. The van der Waals surface area contributed by atoms with Gasteiger partial charge in [0.2, 0.25) is 0 Å². The average Bonchev–Trinajstić information content (AvgIpc) is 2.69. The van der Waals surface area contributed by atoms with Crippen molar-refractivity contribution in [3.05, 3.63) is 59.4 Å². The zero-order valence-corrected chi connectivity index (χ0v) is 17.2. The van der Waals surface area contributed by atoms with Gasteiger partial charge in [-0.05, 0) is 48.0 Å². The molecule has 6 nitrogen and oxygen atoms in total. The van der Waals surface area contributed by atoms with E-state index in [4.69, 9.17) is 4.74 Å². The molecule has 0 spiro atoms.